The van der Waals surface area contributed by atoms with Gasteiger partial charge in [-0.3, -0.25) is 14.4 Å². The molecular formula is C25H30N4O15. The topological polar surface area (TPSA) is 233 Å². The average molecular weight is 627 g/mol. The van der Waals surface area contributed by atoms with Crippen LogP contribution in [0.15, 0.2) is 0 Å². The molecule has 44 heavy (non-hydrogen) atoms. The molecule has 0 radical (unpaired) electrons. The van der Waals surface area contributed by atoms with Crippen LogP contribution in [0.3, 0.4) is 0 Å². The van der Waals surface area contributed by atoms with Crippen molar-refractivity contribution in [2.75, 3.05) is 0 Å². The third kappa shape index (κ3) is 5.21. The predicted octanol–water partition coefficient (Wildman–Crippen LogP) is 0.423. The van der Waals surface area contributed by atoms with Gasteiger partial charge in [0.25, 0.3) is 17.7 Å². The van der Waals surface area contributed by atoms with Crippen molar-refractivity contribution in [3.8, 4) is 0 Å². The van der Waals surface area contributed by atoms with Crippen LogP contribution in [0, 0.1) is 0 Å². The fourth-order valence-corrected chi connectivity index (χ4v) is 5.27. The maximum atomic E-state index is 13.9. The molecule has 0 aromatic heterocycles. The lowest BCUT2D eigenvalue weighted by atomic mass is 10.0. The van der Waals surface area contributed by atoms with E-state index in [1.165, 1.54) is 48.5 Å². The monoisotopic (exact) mass is 626 g/mol. The van der Waals surface area contributed by atoms with Crippen LogP contribution in [0.1, 0.15) is 48.5 Å². The number of hydrogen-bond acceptors (Lipinski definition) is 14. The lowest BCUT2D eigenvalue weighted by molar-refractivity contribution is -0.151. The maximum absolute atomic E-state index is 13.9. The molecule has 19 nitrogen and oxygen atoms in total. The highest BCUT2D eigenvalue weighted by molar-refractivity contribution is 6.11. The van der Waals surface area contributed by atoms with Gasteiger partial charge in [-0.25, -0.2) is 43.5 Å². The van der Waals surface area contributed by atoms with Crippen molar-refractivity contribution in [1.29, 1.82) is 0 Å². The van der Waals surface area contributed by atoms with E-state index in [0.29, 0.717) is 4.90 Å². The zero-order chi connectivity index (χ0) is 33.2. The first kappa shape index (κ1) is 32.0. The van der Waals surface area contributed by atoms with Crippen molar-refractivity contribution < 1.29 is 71.9 Å². The molecule has 0 bridgehead atoms. The first-order chi connectivity index (χ1) is 20.3. The molecular weight excluding hydrogens is 596 g/mol. The Morgan fingerprint density at radius 3 is 1.16 bits per heavy atom. The quantitative estimate of drug-likeness (QED) is 0.417. The zero-order valence-electron chi connectivity index (χ0n) is 24.6. The van der Waals surface area contributed by atoms with Crippen molar-refractivity contribution in [2.45, 2.75) is 103 Å². The van der Waals surface area contributed by atoms with Crippen LogP contribution in [0.5, 0.6) is 0 Å². The molecule has 19 heteroatoms. The van der Waals surface area contributed by atoms with Gasteiger partial charge in [0.2, 0.25) is 0 Å². The fraction of sp³-hybridized carbons (Fsp3) is 0.640. The number of ether oxygens (including phenoxy) is 5. The van der Waals surface area contributed by atoms with Crippen molar-refractivity contribution >= 4 is 54.2 Å². The molecule has 0 aromatic rings. The molecule has 0 aromatic carbocycles. The summed E-state index contributed by atoms with van der Waals surface area (Å²) in [5.41, 5.74) is -1.11. The molecule has 4 aliphatic rings. The summed E-state index contributed by atoms with van der Waals surface area (Å²) in [6.07, 6.45) is -12.2. The van der Waals surface area contributed by atoms with E-state index in [4.69, 9.17) is 23.7 Å². The number of carboxylic acids is 1. The fourth-order valence-electron chi connectivity index (χ4n) is 5.27. The lowest BCUT2D eigenvalue weighted by Gasteiger charge is -2.31. The molecule has 0 spiro atoms. The van der Waals surface area contributed by atoms with Gasteiger partial charge >= 0.3 is 36.4 Å². The number of carbonyl (C=O) groups is 9. The summed E-state index contributed by atoms with van der Waals surface area (Å²) >= 11 is 0. The highest BCUT2D eigenvalue weighted by atomic mass is 16.6. The second-order valence-corrected chi connectivity index (χ2v) is 11.4. The Morgan fingerprint density at radius 1 is 0.568 bits per heavy atom. The second-order valence-electron chi connectivity index (χ2n) is 11.4. The minimum Gasteiger partial charge on any atom is -0.480 e. The van der Waals surface area contributed by atoms with Crippen molar-refractivity contribution in [1.82, 2.24) is 19.6 Å². The Hall–Kier alpha value is -4.97. The number of carboxylic acid groups (broad SMARTS) is 1. The third-order valence-corrected chi connectivity index (χ3v) is 7.14. The van der Waals surface area contributed by atoms with Crippen molar-refractivity contribution in [3.05, 3.63) is 0 Å². The van der Waals surface area contributed by atoms with Crippen LogP contribution >= 0.6 is 0 Å². The van der Waals surface area contributed by atoms with Gasteiger partial charge in [0.05, 0.1) is 0 Å². The van der Waals surface area contributed by atoms with E-state index in [-0.39, 0.29) is 14.7 Å². The van der Waals surface area contributed by atoms with Crippen LogP contribution in [0.25, 0.3) is 0 Å². The number of hydrogen-bond donors (Lipinski definition) is 1. The molecule has 4 aliphatic heterocycles. The Labute approximate surface area is 248 Å². The predicted molar refractivity (Wildman–Crippen MR) is 135 cm³/mol. The summed E-state index contributed by atoms with van der Waals surface area (Å²) in [7, 11) is 0. The van der Waals surface area contributed by atoms with Gasteiger partial charge in [-0.05, 0) is 48.5 Å². The largest absolute Gasteiger partial charge is 0.480 e. The minimum absolute atomic E-state index is 0.237. The van der Waals surface area contributed by atoms with E-state index >= 15 is 0 Å². The SMILES string of the molecule is C[C@H]1OC(=O)N(C(=O)OC(C)(C)C)[C@@H]1C(=O)N1C(=O)O[C@H](C)[C@H]1C(=O)N1C(=O)O[C@H](C)[C@H]1C(=O)N1C(=O)O[C@H](C)[C@H]1C(=O)O. The van der Waals surface area contributed by atoms with Crippen LogP contribution in [0.2, 0.25) is 0 Å². The van der Waals surface area contributed by atoms with Crippen LogP contribution in [0.4, 0.5) is 24.0 Å². The standard InChI is InChI=1S/C25H30N4O15/c1-8-12(27(21(36)40-8)18(32)14-10(3)42-23(38)29(14)24(39)44-25(5,6)7)16(30)26-13(9(2)41-20(26)35)17(31)28-15(19(33)34)11(4)43-22(28)37/h8-15H,1-7H3,(H,33,34)/t8-,9-,10-,11-,12+,13+,14+,15+/m1/s1. The van der Waals surface area contributed by atoms with E-state index in [9.17, 15) is 48.3 Å². The second kappa shape index (κ2) is 10.9. The van der Waals surface area contributed by atoms with Gasteiger partial charge in [0.15, 0.2) is 24.2 Å². The Morgan fingerprint density at radius 2 is 0.841 bits per heavy atom. The van der Waals surface area contributed by atoms with Crippen molar-refractivity contribution in [3.63, 3.8) is 0 Å². The molecule has 8 atom stereocenters. The number of amides is 8. The lowest BCUT2D eigenvalue weighted by Crippen LogP contribution is -2.62. The molecule has 4 heterocycles. The number of imide groups is 4. The van der Waals surface area contributed by atoms with Crippen LogP contribution in [-0.2, 0) is 42.9 Å². The Balaban J connectivity index is 1.68. The molecule has 1 N–H and O–H groups in total. The molecule has 0 unspecified atom stereocenters. The van der Waals surface area contributed by atoms with Gasteiger partial charge in [-0.2, -0.15) is 4.90 Å². The molecule has 0 saturated carbocycles. The molecule has 8 amide bonds. The number of rotatable bonds is 4. The van der Waals surface area contributed by atoms with Gasteiger partial charge in [0.1, 0.15) is 30.0 Å². The van der Waals surface area contributed by atoms with Gasteiger partial charge in [0, 0.05) is 0 Å². The summed E-state index contributed by atoms with van der Waals surface area (Å²) in [6.45, 7) is 9.34. The van der Waals surface area contributed by atoms with Gasteiger partial charge < -0.3 is 28.8 Å². The molecule has 240 valence electrons. The van der Waals surface area contributed by atoms with E-state index in [1.807, 2.05) is 0 Å². The Bertz CT molecular complexity index is 1360. The van der Waals surface area contributed by atoms with Crippen molar-refractivity contribution in [2.24, 2.45) is 0 Å². The van der Waals surface area contributed by atoms with Crippen LogP contribution < -0.4 is 0 Å². The highest BCUT2D eigenvalue weighted by Gasteiger charge is 2.61. The Kier molecular flexibility index (Phi) is 7.95. The maximum Gasteiger partial charge on any atom is 0.420 e. The summed E-state index contributed by atoms with van der Waals surface area (Å²) in [4.78, 5) is 118. The third-order valence-electron chi connectivity index (χ3n) is 7.14. The first-order valence-corrected chi connectivity index (χ1v) is 13.3. The van der Waals surface area contributed by atoms with E-state index in [0.717, 1.165) is 0 Å². The summed E-state index contributed by atoms with van der Waals surface area (Å²) in [5, 5.41) is 9.58. The normalized spacial score (nSPS) is 31.9. The zero-order valence-corrected chi connectivity index (χ0v) is 24.6. The number of nitrogens with zero attached hydrogens (tertiary/aromatic N) is 4. The van der Waals surface area contributed by atoms with E-state index in [1.54, 1.807) is 0 Å². The number of aliphatic carboxylic acids is 1. The first-order valence-electron chi connectivity index (χ1n) is 13.3. The average Bonchev–Trinajstić information content (AvgIpc) is 3.55. The molecule has 4 rings (SSSR count). The molecule has 4 fully saturated rings. The summed E-state index contributed by atoms with van der Waals surface area (Å²) < 4.78 is 25.2. The van der Waals surface area contributed by atoms with E-state index in [2.05, 4.69) is 0 Å². The minimum atomic E-state index is -1.95. The summed E-state index contributed by atoms with van der Waals surface area (Å²) in [5.74, 6) is -5.63. The van der Waals surface area contributed by atoms with Gasteiger partial charge in [-0.15, -0.1) is 0 Å². The highest BCUT2D eigenvalue weighted by Crippen LogP contribution is 2.33. The van der Waals surface area contributed by atoms with E-state index < -0.39 is 108 Å². The smallest absolute Gasteiger partial charge is 0.420 e. The molecule has 4 saturated heterocycles. The number of cyclic esters (lactones) is 4. The molecule has 0 aliphatic carbocycles. The van der Waals surface area contributed by atoms with Crippen LogP contribution in [-0.4, -0.2) is 133 Å². The summed E-state index contributed by atoms with van der Waals surface area (Å²) in [6, 6.07) is -7.50. The van der Waals surface area contributed by atoms with Gasteiger partial charge in [-0.1, -0.05) is 0 Å². The number of carbonyl (C=O) groups excluding carboxylic acids is 8.